The molecule has 0 heterocycles. The van der Waals surface area contributed by atoms with Gasteiger partial charge in [-0.15, -0.1) is 0 Å². The van der Waals surface area contributed by atoms with E-state index < -0.39 is 6.10 Å². The number of nitrogens with one attached hydrogen (secondary N) is 2. The Hall–Kier alpha value is -1.88. The maximum Gasteiger partial charge on any atom is 0.226 e. The van der Waals surface area contributed by atoms with Crippen LogP contribution >= 0.6 is 0 Å². The molecular weight excluding hydrogens is 280 g/mol. The van der Waals surface area contributed by atoms with Gasteiger partial charge in [0.05, 0.1) is 12.5 Å². The molecule has 122 valence electrons. The lowest BCUT2D eigenvalue weighted by Crippen LogP contribution is -2.24. The third-order valence-corrected chi connectivity index (χ3v) is 3.52. The van der Waals surface area contributed by atoms with Crippen LogP contribution in [0.15, 0.2) is 18.2 Å². The summed E-state index contributed by atoms with van der Waals surface area (Å²) in [5.41, 5.74) is 2.15. The van der Waals surface area contributed by atoms with E-state index in [1.54, 1.807) is 12.1 Å². The predicted octanol–water partition coefficient (Wildman–Crippen LogP) is 3.08. The lowest BCUT2D eigenvalue weighted by Gasteiger charge is -2.16. The normalized spacial score (nSPS) is 12.1. The SMILES string of the molecule is CCCC(=O)Nc1cccc(NC(=O)CC(O)C(C)C)c1C. The number of hydrogen-bond acceptors (Lipinski definition) is 3. The maximum absolute atomic E-state index is 12.0. The zero-order valence-electron chi connectivity index (χ0n) is 13.8. The first kappa shape index (κ1) is 18.2. The van der Waals surface area contributed by atoms with Crippen LogP contribution in [0.25, 0.3) is 0 Å². The number of aliphatic hydroxyl groups is 1. The molecular formula is C17H26N2O3. The summed E-state index contributed by atoms with van der Waals surface area (Å²) >= 11 is 0. The topological polar surface area (TPSA) is 78.4 Å². The van der Waals surface area contributed by atoms with Crippen molar-refractivity contribution in [2.75, 3.05) is 10.6 Å². The zero-order chi connectivity index (χ0) is 16.7. The van der Waals surface area contributed by atoms with Gasteiger partial charge in [0.25, 0.3) is 0 Å². The van der Waals surface area contributed by atoms with E-state index in [2.05, 4.69) is 10.6 Å². The van der Waals surface area contributed by atoms with Crippen LogP contribution in [0, 0.1) is 12.8 Å². The monoisotopic (exact) mass is 306 g/mol. The summed E-state index contributed by atoms with van der Waals surface area (Å²) in [6, 6.07) is 5.37. The molecule has 0 aromatic heterocycles. The van der Waals surface area contributed by atoms with Crippen molar-refractivity contribution in [1.82, 2.24) is 0 Å². The van der Waals surface area contributed by atoms with Crippen molar-refractivity contribution >= 4 is 23.2 Å². The number of aliphatic hydroxyl groups excluding tert-OH is 1. The number of carbonyl (C=O) groups is 2. The summed E-state index contributed by atoms with van der Waals surface area (Å²) in [5, 5.41) is 15.4. The summed E-state index contributed by atoms with van der Waals surface area (Å²) in [4.78, 5) is 23.6. The molecule has 0 saturated carbocycles. The van der Waals surface area contributed by atoms with Crippen molar-refractivity contribution in [2.24, 2.45) is 5.92 Å². The number of anilines is 2. The largest absolute Gasteiger partial charge is 0.392 e. The van der Waals surface area contributed by atoms with Gasteiger partial charge in [-0.25, -0.2) is 0 Å². The number of rotatable bonds is 7. The van der Waals surface area contributed by atoms with Gasteiger partial charge in [0.1, 0.15) is 0 Å². The summed E-state index contributed by atoms with van der Waals surface area (Å²) in [6.07, 6.45) is 0.655. The van der Waals surface area contributed by atoms with Gasteiger partial charge in [-0.1, -0.05) is 26.8 Å². The quantitative estimate of drug-likeness (QED) is 0.724. The number of amides is 2. The molecule has 0 aliphatic carbocycles. The average Bonchev–Trinajstić information content (AvgIpc) is 2.43. The van der Waals surface area contributed by atoms with Crippen LogP contribution in [0.4, 0.5) is 11.4 Å². The summed E-state index contributed by atoms with van der Waals surface area (Å²) in [5.74, 6) is -0.239. The van der Waals surface area contributed by atoms with Crippen LogP contribution in [0.5, 0.6) is 0 Å². The third-order valence-electron chi connectivity index (χ3n) is 3.52. The first-order chi connectivity index (χ1) is 10.3. The molecule has 1 atom stereocenters. The highest BCUT2D eigenvalue weighted by Gasteiger charge is 2.15. The maximum atomic E-state index is 12.0. The molecule has 0 spiro atoms. The summed E-state index contributed by atoms with van der Waals surface area (Å²) < 4.78 is 0. The number of carbonyl (C=O) groups excluding carboxylic acids is 2. The smallest absolute Gasteiger partial charge is 0.226 e. The highest BCUT2D eigenvalue weighted by molar-refractivity contribution is 5.95. The van der Waals surface area contributed by atoms with E-state index in [0.717, 1.165) is 12.0 Å². The Kier molecular flexibility index (Phi) is 7.05. The summed E-state index contributed by atoms with van der Waals surface area (Å²) in [7, 11) is 0. The molecule has 0 aliphatic rings. The Balaban J connectivity index is 2.76. The van der Waals surface area contributed by atoms with Gasteiger partial charge in [-0.3, -0.25) is 9.59 Å². The average molecular weight is 306 g/mol. The second kappa shape index (κ2) is 8.54. The van der Waals surface area contributed by atoms with Crippen LogP contribution in [0.2, 0.25) is 0 Å². The van der Waals surface area contributed by atoms with Crippen molar-refractivity contribution in [3.63, 3.8) is 0 Å². The lowest BCUT2D eigenvalue weighted by atomic mass is 10.0. The third kappa shape index (κ3) is 5.48. The van der Waals surface area contributed by atoms with E-state index in [4.69, 9.17) is 0 Å². The first-order valence-corrected chi connectivity index (χ1v) is 7.72. The Morgan fingerprint density at radius 3 is 2.18 bits per heavy atom. The fourth-order valence-electron chi connectivity index (χ4n) is 1.97. The molecule has 22 heavy (non-hydrogen) atoms. The highest BCUT2D eigenvalue weighted by atomic mass is 16.3. The molecule has 1 unspecified atom stereocenters. The van der Waals surface area contributed by atoms with E-state index >= 15 is 0 Å². The van der Waals surface area contributed by atoms with Crippen molar-refractivity contribution in [2.45, 2.75) is 53.1 Å². The predicted molar refractivity (Wildman–Crippen MR) is 88.8 cm³/mol. The molecule has 0 aliphatic heterocycles. The van der Waals surface area contributed by atoms with Gasteiger partial charge >= 0.3 is 0 Å². The molecule has 5 heteroatoms. The molecule has 1 rings (SSSR count). The molecule has 5 nitrogen and oxygen atoms in total. The molecule has 3 N–H and O–H groups in total. The molecule has 0 bridgehead atoms. The Bertz CT molecular complexity index is 527. The van der Waals surface area contributed by atoms with Gasteiger partial charge < -0.3 is 15.7 Å². The van der Waals surface area contributed by atoms with Gasteiger partial charge in [0.2, 0.25) is 11.8 Å². The minimum Gasteiger partial charge on any atom is -0.392 e. The van der Waals surface area contributed by atoms with E-state index in [9.17, 15) is 14.7 Å². The molecule has 2 amide bonds. The van der Waals surface area contributed by atoms with E-state index in [0.29, 0.717) is 17.8 Å². The number of hydrogen-bond donors (Lipinski definition) is 3. The van der Waals surface area contributed by atoms with Gasteiger partial charge in [-0.2, -0.15) is 0 Å². The Morgan fingerprint density at radius 2 is 1.68 bits per heavy atom. The van der Waals surface area contributed by atoms with Gasteiger partial charge in [0.15, 0.2) is 0 Å². The minimum absolute atomic E-state index is 0.0338. The van der Waals surface area contributed by atoms with Crippen LogP contribution in [0.3, 0.4) is 0 Å². The van der Waals surface area contributed by atoms with Crippen LogP contribution in [0.1, 0.15) is 45.6 Å². The molecule has 0 fully saturated rings. The number of benzene rings is 1. The molecule has 1 aromatic rings. The van der Waals surface area contributed by atoms with Crippen molar-refractivity contribution < 1.29 is 14.7 Å². The fraction of sp³-hybridized carbons (Fsp3) is 0.529. The Labute approximate surface area is 132 Å². The van der Waals surface area contributed by atoms with Crippen molar-refractivity contribution in [1.29, 1.82) is 0 Å². The van der Waals surface area contributed by atoms with Crippen molar-refractivity contribution in [3.8, 4) is 0 Å². The standard InChI is InChI=1S/C17H26N2O3/c1-5-7-16(21)18-13-8-6-9-14(12(13)4)19-17(22)10-15(20)11(2)3/h6,8-9,11,15,20H,5,7,10H2,1-4H3,(H,18,21)(H,19,22). The summed E-state index contributed by atoms with van der Waals surface area (Å²) in [6.45, 7) is 7.53. The van der Waals surface area contributed by atoms with E-state index in [1.807, 2.05) is 33.8 Å². The lowest BCUT2D eigenvalue weighted by molar-refractivity contribution is -0.118. The van der Waals surface area contributed by atoms with Crippen LogP contribution in [-0.2, 0) is 9.59 Å². The van der Waals surface area contributed by atoms with Gasteiger partial charge in [-0.05, 0) is 37.0 Å². The van der Waals surface area contributed by atoms with Crippen LogP contribution in [-0.4, -0.2) is 23.0 Å². The van der Waals surface area contributed by atoms with Crippen LogP contribution < -0.4 is 10.6 Å². The first-order valence-electron chi connectivity index (χ1n) is 7.72. The van der Waals surface area contributed by atoms with Gasteiger partial charge in [0, 0.05) is 17.8 Å². The zero-order valence-corrected chi connectivity index (χ0v) is 13.8. The Morgan fingerprint density at radius 1 is 1.14 bits per heavy atom. The van der Waals surface area contributed by atoms with E-state index in [-0.39, 0.29) is 24.2 Å². The minimum atomic E-state index is -0.659. The second-order valence-electron chi connectivity index (χ2n) is 5.84. The molecule has 1 aromatic carbocycles. The van der Waals surface area contributed by atoms with Crippen molar-refractivity contribution in [3.05, 3.63) is 23.8 Å². The molecule has 0 radical (unpaired) electrons. The van der Waals surface area contributed by atoms with E-state index in [1.165, 1.54) is 0 Å². The second-order valence-corrected chi connectivity index (χ2v) is 5.84. The highest BCUT2D eigenvalue weighted by Crippen LogP contribution is 2.24. The fourth-order valence-corrected chi connectivity index (χ4v) is 1.97. The molecule has 0 saturated heterocycles.